The van der Waals surface area contributed by atoms with Gasteiger partial charge in [0.15, 0.2) is 0 Å². The Morgan fingerprint density at radius 3 is 2.28 bits per heavy atom. The zero-order valence-electron chi connectivity index (χ0n) is 12.8. The van der Waals surface area contributed by atoms with Gasteiger partial charge in [-0.05, 0) is 31.7 Å². The van der Waals surface area contributed by atoms with E-state index < -0.39 is 0 Å². The van der Waals surface area contributed by atoms with Crippen LogP contribution in [0.3, 0.4) is 0 Å². The number of nitrogens with one attached hydrogen (secondary N) is 1. The first kappa shape index (κ1) is 16.0. The fourth-order valence-corrected chi connectivity index (χ4v) is 2.88. The predicted molar refractivity (Wildman–Crippen MR) is 79.0 cm³/mol. The van der Waals surface area contributed by atoms with Crippen molar-refractivity contribution in [2.24, 2.45) is 5.92 Å². The van der Waals surface area contributed by atoms with Gasteiger partial charge in [0.05, 0.1) is 12.2 Å². The smallest absolute Gasteiger partial charge is 0.0806 e. The average Bonchev–Trinajstić information content (AvgIpc) is 2.41. The highest BCUT2D eigenvalue weighted by atomic mass is 16.5. The van der Waals surface area contributed by atoms with Crippen molar-refractivity contribution in [3.63, 3.8) is 0 Å². The summed E-state index contributed by atoms with van der Waals surface area (Å²) in [4.78, 5) is 0. The van der Waals surface area contributed by atoms with Gasteiger partial charge in [-0.15, -0.1) is 0 Å². The van der Waals surface area contributed by atoms with Crippen LogP contribution in [0.15, 0.2) is 0 Å². The molecule has 0 unspecified atom stereocenters. The monoisotopic (exact) mass is 255 g/mol. The lowest BCUT2D eigenvalue weighted by atomic mass is 9.84. The van der Waals surface area contributed by atoms with E-state index in [0.29, 0.717) is 0 Å². The first-order valence-corrected chi connectivity index (χ1v) is 8.11. The van der Waals surface area contributed by atoms with Crippen LogP contribution in [-0.4, -0.2) is 25.3 Å². The van der Waals surface area contributed by atoms with E-state index in [9.17, 15) is 0 Å². The molecular formula is C16H33NO. The van der Waals surface area contributed by atoms with Crippen LogP contribution in [-0.2, 0) is 4.74 Å². The zero-order valence-corrected chi connectivity index (χ0v) is 12.8. The summed E-state index contributed by atoms with van der Waals surface area (Å²) in [5.41, 5.74) is 0.149. The van der Waals surface area contributed by atoms with Gasteiger partial charge in [0.1, 0.15) is 0 Å². The molecule has 1 N–H and O–H groups in total. The molecule has 0 aliphatic heterocycles. The van der Waals surface area contributed by atoms with E-state index in [-0.39, 0.29) is 5.60 Å². The van der Waals surface area contributed by atoms with Crippen LogP contribution >= 0.6 is 0 Å². The van der Waals surface area contributed by atoms with E-state index in [4.69, 9.17) is 4.74 Å². The van der Waals surface area contributed by atoms with E-state index in [1.807, 2.05) is 0 Å². The first-order chi connectivity index (χ1) is 8.76. The summed E-state index contributed by atoms with van der Waals surface area (Å²) in [5, 5.41) is 3.58. The van der Waals surface area contributed by atoms with Crippen molar-refractivity contribution >= 4 is 0 Å². The Hall–Kier alpha value is -0.0800. The standard InChI is InChI=1S/C16H33NO/c1-4-12-17-14-16(10-8-7-9-11-16)18-13-15(5-2)6-3/h15,17H,4-14H2,1-3H3. The van der Waals surface area contributed by atoms with Crippen LogP contribution in [0, 0.1) is 5.92 Å². The molecule has 1 aliphatic carbocycles. The predicted octanol–water partition coefficient (Wildman–Crippen LogP) is 4.14. The fraction of sp³-hybridized carbons (Fsp3) is 1.00. The summed E-state index contributed by atoms with van der Waals surface area (Å²) >= 11 is 0. The third-order valence-corrected chi connectivity index (χ3v) is 4.42. The summed E-state index contributed by atoms with van der Waals surface area (Å²) in [6.45, 7) is 9.92. The molecule has 0 amide bonds. The van der Waals surface area contributed by atoms with Crippen molar-refractivity contribution in [2.75, 3.05) is 19.7 Å². The van der Waals surface area contributed by atoms with Gasteiger partial charge in [0.2, 0.25) is 0 Å². The normalized spacial score (nSPS) is 19.3. The topological polar surface area (TPSA) is 21.3 Å². The molecule has 0 saturated heterocycles. The third kappa shape index (κ3) is 5.27. The molecule has 0 aromatic carbocycles. The minimum absolute atomic E-state index is 0.149. The number of rotatable bonds is 9. The highest BCUT2D eigenvalue weighted by molar-refractivity contribution is 4.87. The van der Waals surface area contributed by atoms with Crippen molar-refractivity contribution in [1.29, 1.82) is 0 Å². The minimum atomic E-state index is 0.149. The molecule has 0 heterocycles. The maximum absolute atomic E-state index is 6.40. The molecule has 0 atom stereocenters. The highest BCUT2D eigenvalue weighted by Crippen LogP contribution is 2.32. The quantitative estimate of drug-likeness (QED) is 0.625. The van der Waals surface area contributed by atoms with E-state index >= 15 is 0 Å². The van der Waals surface area contributed by atoms with Gasteiger partial charge in [-0.3, -0.25) is 0 Å². The summed E-state index contributed by atoms with van der Waals surface area (Å²) in [6, 6.07) is 0. The van der Waals surface area contributed by atoms with Crippen molar-refractivity contribution in [1.82, 2.24) is 5.32 Å². The van der Waals surface area contributed by atoms with Crippen LogP contribution in [0.5, 0.6) is 0 Å². The lowest BCUT2D eigenvalue weighted by Gasteiger charge is -2.38. The second kappa shape index (κ2) is 8.92. The second-order valence-electron chi connectivity index (χ2n) is 5.91. The van der Waals surface area contributed by atoms with Crippen molar-refractivity contribution in [3.05, 3.63) is 0 Å². The molecule has 1 fully saturated rings. The molecule has 0 aromatic rings. The lowest BCUT2D eigenvalue weighted by molar-refractivity contribution is -0.0822. The molecule has 2 nitrogen and oxygen atoms in total. The summed E-state index contributed by atoms with van der Waals surface area (Å²) < 4.78 is 6.40. The van der Waals surface area contributed by atoms with Gasteiger partial charge in [-0.1, -0.05) is 52.9 Å². The Balaban J connectivity index is 2.43. The zero-order chi connectivity index (χ0) is 13.3. The third-order valence-electron chi connectivity index (χ3n) is 4.42. The van der Waals surface area contributed by atoms with Crippen LogP contribution in [0.4, 0.5) is 0 Å². The summed E-state index contributed by atoms with van der Waals surface area (Å²) in [6.07, 6.45) is 10.3. The van der Waals surface area contributed by atoms with Crippen molar-refractivity contribution < 1.29 is 4.74 Å². The Kier molecular flexibility index (Phi) is 7.92. The Morgan fingerprint density at radius 2 is 1.72 bits per heavy atom. The molecule has 18 heavy (non-hydrogen) atoms. The summed E-state index contributed by atoms with van der Waals surface area (Å²) in [5.74, 6) is 0.745. The Labute approximate surface area is 114 Å². The number of hydrogen-bond donors (Lipinski definition) is 1. The van der Waals surface area contributed by atoms with Crippen molar-refractivity contribution in [2.45, 2.75) is 77.7 Å². The summed E-state index contributed by atoms with van der Waals surface area (Å²) in [7, 11) is 0. The lowest BCUT2D eigenvalue weighted by Crippen LogP contribution is -2.45. The molecule has 0 spiro atoms. The fourth-order valence-electron chi connectivity index (χ4n) is 2.88. The van der Waals surface area contributed by atoms with Gasteiger partial charge in [0, 0.05) is 6.54 Å². The Bertz CT molecular complexity index is 195. The van der Waals surface area contributed by atoms with Gasteiger partial charge >= 0.3 is 0 Å². The number of ether oxygens (including phenoxy) is 1. The van der Waals surface area contributed by atoms with Crippen LogP contribution < -0.4 is 5.32 Å². The van der Waals surface area contributed by atoms with E-state index in [2.05, 4.69) is 26.1 Å². The van der Waals surface area contributed by atoms with Gasteiger partial charge in [-0.2, -0.15) is 0 Å². The molecule has 1 saturated carbocycles. The molecular weight excluding hydrogens is 222 g/mol. The van der Waals surface area contributed by atoms with E-state index in [1.165, 1.54) is 51.4 Å². The maximum Gasteiger partial charge on any atom is 0.0806 e. The SMILES string of the molecule is CCCNCC1(OCC(CC)CC)CCCCC1. The molecule has 0 bridgehead atoms. The van der Waals surface area contributed by atoms with Gasteiger partial charge < -0.3 is 10.1 Å². The van der Waals surface area contributed by atoms with Crippen LogP contribution in [0.25, 0.3) is 0 Å². The van der Waals surface area contributed by atoms with Crippen molar-refractivity contribution in [3.8, 4) is 0 Å². The largest absolute Gasteiger partial charge is 0.373 e. The van der Waals surface area contributed by atoms with Gasteiger partial charge in [-0.25, -0.2) is 0 Å². The first-order valence-electron chi connectivity index (χ1n) is 8.11. The second-order valence-corrected chi connectivity index (χ2v) is 5.91. The number of hydrogen-bond acceptors (Lipinski definition) is 2. The van der Waals surface area contributed by atoms with E-state index in [0.717, 1.165) is 25.6 Å². The highest BCUT2D eigenvalue weighted by Gasteiger charge is 2.32. The van der Waals surface area contributed by atoms with E-state index in [1.54, 1.807) is 0 Å². The molecule has 1 rings (SSSR count). The van der Waals surface area contributed by atoms with Crippen LogP contribution in [0.2, 0.25) is 0 Å². The molecule has 108 valence electrons. The maximum atomic E-state index is 6.40. The molecule has 1 aliphatic rings. The average molecular weight is 255 g/mol. The molecule has 0 aromatic heterocycles. The molecule has 0 radical (unpaired) electrons. The van der Waals surface area contributed by atoms with Crippen LogP contribution in [0.1, 0.15) is 72.1 Å². The molecule has 2 heteroatoms. The Morgan fingerprint density at radius 1 is 1.06 bits per heavy atom. The minimum Gasteiger partial charge on any atom is -0.373 e. The van der Waals surface area contributed by atoms with Gasteiger partial charge in [0.25, 0.3) is 0 Å².